The average molecular weight is 281 g/mol. The molecule has 6 nitrogen and oxygen atoms in total. The number of aromatic nitrogens is 2. The SMILES string of the molecule is COCCc1ccccc1NS(=O)(=O)c1cn[nH]c1. The quantitative estimate of drug-likeness (QED) is 0.838. The fourth-order valence-corrected chi connectivity index (χ4v) is 2.65. The first-order valence-electron chi connectivity index (χ1n) is 5.72. The van der Waals surface area contributed by atoms with Crippen molar-refractivity contribution in [3.8, 4) is 0 Å². The maximum Gasteiger partial charge on any atom is 0.265 e. The minimum absolute atomic E-state index is 0.106. The summed E-state index contributed by atoms with van der Waals surface area (Å²) in [6.45, 7) is 0.532. The number of anilines is 1. The lowest BCUT2D eigenvalue weighted by Crippen LogP contribution is -2.14. The molecule has 19 heavy (non-hydrogen) atoms. The predicted molar refractivity (Wildman–Crippen MR) is 71.4 cm³/mol. The maximum absolute atomic E-state index is 12.1. The van der Waals surface area contributed by atoms with E-state index >= 15 is 0 Å². The van der Waals surface area contributed by atoms with E-state index in [0.717, 1.165) is 5.56 Å². The highest BCUT2D eigenvalue weighted by molar-refractivity contribution is 7.92. The first kappa shape index (κ1) is 13.6. The Labute approximate surface area is 111 Å². The fraction of sp³-hybridized carbons (Fsp3) is 0.250. The highest BCUT2D eigenvalue weighted by Gasteiger charge is 2.16. The third-order valence-corrected chi connectivity index (χ3v) is 3.95. The molecule has 0 fully saturated rings. The monoisotopic (exact) mass is 281 g/mol. The van der Waals surface area contributed by atoms with Gasteiger partial charge in [-0.25, -0.2) is 8.42 Å². The lowest BCUT2D eigenvalue weighted by Gasteiger charge is -2.11. The van der Waals surface area contributed by atoms with Crippen molar-refractivity contribution in [1.29, 1.82) is 0 Å². The van der Waals surface area contributed by atoms with Gasteiger partial charge >= 0.3 is 0 Å². The van der Waals surface area contributed by atoms with E-state index in [1.165, 1.54) is 12.4 Å². The van der Waals surface area contributed by atoms with Crippen LogP contribution in [-0.4, -0.2) is 32.3 Å². The number of rotatable bonds is 6. The Morgan fingerprint density at radius 2 is 2.16 bits per heavy atom. The second-order valence-electron chi connectivity index (χ2n) is 3.94. The molecular formula is C12H15N3O3S. The van der Waals surface area contributed by atoms with Crippen molar-refractivity contribution in [2.24, 2.45) is 0 Å². The smallest absolute Gasteiger partial charge is 0.265 e. The number of ether oxygens (including phenoxy) is 1. The Bertz CT molecular complexity index is 623. The minimum atomic E-state index is -3.60. The van der Waals surface area contributed by atoms with Gasteiger partial charge in [0.1, 0.15) is 4.90 Å². The molecule has 1 aromatic carbocycles. The zero-order valence-electron chi connectivity index (χ0n) is 10.5. The number of hydrogen-bond donors (Lipinski definition) is 2. The number of methoxy groups -OCH3 is 1. The van der Waals surface area contributed by atoms with Crippen LogP contribution in [0.3, 0.4) is 0 Å². The van der Waals surface area contributed by atoms with Crippen LogP contribution in [0.15, 0.2) is 41.6 Å². The molecule has 0 spiro atoms. The molecule has 2 aromatic rings. The molecule has 0 amide bonds. The van der Waals surface area contributed by atoms with Gasteiger partial charge in [-0.1, -0.05) is 18.2 Å². The molecule has 0 aliphatic heterocycles. The predicted octanol–water partition coefficient (Wildman–Crippen LogP) is 1.40. The lowest BCUT2D eigenvalue weighted by atomic mass is 10.1. The number of para-hydroxylation sites is 1. The lowest BCUT2D eigenvalue weighted by molar-refractivity contribution is 0.202. The van der Waals surface area contributed by atoms with Crippen LogP contribution in [0, 0.1) is 0 Å². The van der Waals surface area contributed by atoms with Gasteiger partial charge in [-0.3, -0.25) is 9.82 Å². The third-order valence-electron chi connectivity index (χ3n) is 2.62. The minimum Gasteiger partial charge on any atom is -0.384 e. The molecule has 0 bridgehead atoms. The molecule has 0 aliphatic carbocycles. The second kappa shape index (κ2) is 5.85. The van der Waals surface area contributed by atoms with Gasteiger partial charge in [0.05, 0.1) is 18.5 Å². The van der Waals surface area contributed by atoms with Crippen molar-refractivity contribution in [3.05, 3.63) is 42.2 Å². The molecular weight excluding hydrogens is 266 g/mol. The number of hydrogen-bond acceptors (Lipinski definition) is 4. The Hall–Kier alpha value is -1.86. The summed E-state index contributed by atoms with van der Waals surface area (Å²) in [4.78, 5) is 0.106. The Morgan fingerprint density at radius 1 is 1.37 bits per heavy atom. The van der Waals surface area contributed by atoms with Crippen molar-refractivity contribution >= 4 is 15.7 Å². The number of nitrogens with one attached hydrogen (secondary N) is 2. The van der Waals surface area contributed by atoms with E-state index in [4.69, 9.17) is 4.74 Å². The van der Waals surface area contributed by atoms with Crippen LogP contribution in [0.25, 0.3) is 0 Å². The normalized spacial score (nSPS) is 11.4. The number of aromatic amines is 1. The highest BCUT2D eigenvalue weighted by Crippen LogP contribution is 2.19. The Morgan fingerprint density at radius 3 is 2.84 bits per heavy atom. The third kappa shape index (κ3) is 3.33. The van der Waals surface area contributed by atoms with Gasteiger partial charge in [0, 0.05) is 13.3 Å². The summed E-state index contributed by atoms with van der Waals surface area (Å²) >= 11 is 0. The van der Waals surface area contributed by atoms with Gasteiger partial charge in [-0.2, -0.15) is 5.10 Å². The summed E-state index contributed by atoms with van der Waals surface area (Å²) in [6, 6.07) is 7.24. The van der Waals surface area contributed by atoms with E-state index in [-0.39, 0.29) is 4.90 Å². The first-order valence-corrected chi connectivity index (χ1v) is 7.20. The molecule has 0 radical (unpaired) electrons. The maximum atomic E-state index is 12.1. The largest absolute Gasteiger partial charge is 0.384 e. The van der Waals surface area contributed by atoms with Gasteiger partial charge in [0.15, 0.2) is 0 Å². The summed E-state index contributed by atoms with van der Waals surface area (Å²) in [5.41, 5.74) is 1.44. The first-order chi connectivity index (χ1) is 9.13. The summed E-state index contributed by atoms with van der Waals surface area (Å²) in [7, 11) is -1.99. The van der Waals surface area contributed by atoms with E-state index in [9.17, 15) is 8.42 Å². The summed E-state index contributed by atoms with van der Waals surface area (Å²) in [5.74, 6) is 0. The molecule has 1 aromatic heterocycles. The van der Waals surface area contributed by atoms with Gasteiger partial charge in [-0.15, -0.1) is 0 Å². The van der Waals surface area contributed by atoms with E-state index in [1.807, 2.05) is 12.1 Å². The van der Waals surface area contributed by atoms with Crippen LogP contribution in [0.1, 0.15) is 5.56 Å². The average Bonchev–Trinajstić information content (AvgIpc) is 2.92. The molecule has 0 saturated heterocycles. The molecule has 2 N–H and O–H groups in total. The van der Waals surface area contributed by atoms with Crippen LogP contribution < -0.4 is 4.72 Å². The van der Waals surface area contributed by atoms with E-state index in [2.05, 4.69) is 14.9 Å². The van der Waals surface area contributed by atoms with Crippen LogP contribution in [-0.2, 0) is 21.2 Å². The van der Waals surface area contributed by atoms with E-state index in [0.29, 0.717) is 18.7 Å². The fourth-order valence-electron chi connectivity index (χ4n) is 1.64. The number of H-pyrrole nitrogens is 1. The zero-order chi connectivity index (χ0) is 13.7. The van der Waals surface area contributed by atoms with Crippen LogP contribution >= 0.6 is 0 Å². The summed E-state index contributed by atoms with van der Waals surface area (Å²) in [6.07, 6.45) is 3.24. The van der Waals surface area contributed by atoms with E-state index in [1.54, 1.807) is 19.2 Å². The standard InChI is InChI=1S/C12H15N3O3S/c1-18-7-6-10-4-2-3-5-12(10)15-19(16,17)11-8-13-14-9-11/h2-5,8-9,15H,6-7H2,1H3,(H,13,14). The second-order valence-corrected chi connectivity index (χ2v) is 5.62. The van der Waals surface area contributed by atoms with Crippen molar-refractivity contribution in [3.63, 3.8) is 0 Å². The van der Waals surface area contributed by atoms with Crippen molar-refractivity contribution in [2.75, 3.05) is 18.4 Å². The van der Waals surface area contributed by atoms with Gasteiger partial charge < -0.3 is 4.74 Å². The molecule has 0 unspecified atom stereocenters. The molecule has 102 valence electrons. The highest BCUT2D eigenvalue weighted by atomic mass is 32.2. The molecule has 2 rings (SSSR count). The van der Waals surface area contributed by atoms with Crippen molar-refractivity contribution < 1.29 is 13.2 Å². The van der Waals surface area contributed by atoms with Gasteiger partial charge in [0.25, 0.3) is 10.0 Å². The molecule has 1 heterocycles. The Balaban J connectivity index is 2.24. The summed E-state index contributed by atoms with van der Waals surface area (Å²) in [5, 5.41) is 6.12. The topological polar surface area (TPSA) is 84.1 Å². The number of sulfonamides is 1. The van der Waals surface area contributed by atoms with Crippen LogP contribution in [0.4, 0.5) is 5.69 Å². The number of benzene rings is 1. The number of nitrogens with zero attached hydrogens (tertiary/aromatic N) is 1. The van der Waals surface area contributed by atoms with Crippen molar-refractivity contribution in [1.82, 2.24) is 10.2 Å². The summed E-state index contributed by atoms with van der Waals surface area (Å²) < 4.78 is 31.7. The molecule has 0 atom stereocenters. The molecule has 0 saturated carbocycles. The van der Waals surface area contributed by atoms with Gasteiger partial charge in [0.2, 0.25) is 0 Å². The van der Waals surface area contributed by atoms with Crippen LogP contribution in [0.2, 0.25) is 0 Å². The van der Waals surface area contributed by atoms with E-state index < -0.39 is 10.0 Å². The Kier molecular flexibility index (Phi) is 4.18. The molecule has 0 aliphatic rings. The molecule has 7 heteroatoms. The van der Waals surface area contributed by atoms with Gasteiger partial charge in [-0.05, 0) is 18.1 Å². The van der Waals surface area contributed by atoms with Crippen molar-refractivity contribution in [2.45, 2.75) is 11.3 Å². The van der Waals surface area contributed by atoms with Crippen LogP contribution in [0.5, 0.6) is 0 Å². The zero-order valence-corrected chi connectivity index (χ0v) is 11.3.